The van der Waals surface area contributed by atoms with E-state index in [2.05, 4.69) is 10.3 Å². The molecule has 0 saturated carbocycles. The van der Waals surface area contributed by atoms with Crippen LogP contribution in [0.15, 0.2) is 54.7 Å². The molecule has 0 unspecified atom stereocenters. The van der Waals surface area contributed by atoms with Gasteiger partial charge in [0.1, 0.15) is 0 Å². The van der Waals surface area contributed by atoms with Crippen molar-refractivity contribution in [1.29, 1.82) is 0 Å². The maximum Gasteiger partial charge on any atom is 0.279 e. The number of benzene rings is 1. The Morgan fingerprint density at radius 1 is 1.00 bits per heavy atom. The van der Waals surface area contributed by atoms with Crippen LogP contribution in [0.2, 0.25) is 0 Å². The van der Waals surface area contributed by atoms with E-state index in [0.717, 1.165) is 0 Å². The van der Waals surface area contributed by atoms with Gasteiger partial charge in [-0.15, -0.1) is 0 Å². The molecule has 1 aromatic heterocycles. The first kappa shape index (κ1) is 9.40. The molecule has 0 atom stereocenters. The lowest BCUT2D eigenvalue weighted by molar-refractivity contribution is 0.0968. The Labute approximate surface area is 87.8 Å². The summed E-state index contributed by atoms with van der Waals surface area (Å²) in [5.74, 6) is 0.167. The summed E-state index contributed by atoms with van der Waals surface area (Å²) in [5.41, 5.74) is 0.572. The molecule has 3 nitrogen and oxygen atoms in total. The van der Waals surface area contributed by atoms with E-state index in [0.29, 0.717) is 11.4 Å². The van der Waals surface area contributed by atoms with Gasteiger partial charge in [-0.3, -0.25) is 4.79 Å². The highest BCUT2D eigenvalue weighted by Crippen LogP contribution is 2.05. The Morgan fingerprint density at radius 3 is 2.40 bits per heavy atom. The Balaban J connectivity index is 2.12. The quantitative estimate of drug-likeness (QED) is 0.740. The van der Waals surface area contributed by atoms with Crippen LogP contribution in [0.3, 0.4) is 0 Å². The van der Waals surface area contributed by atoms with Crippen LogP contribution in [0.25, 0.3) is 0 Å². The van der Waals surface area contributed by atoms with Crippen molar-refractivity contribution in [3.63, 3.8) is 0 Å². The molecule has 1 aromatic carbocycles. The Morgan fingerprint density at radius 2 is 1.73 bits per heavy atom. The molecule has 3 heteroatoms. The number of nitrogens with zero attached hydrogens (tertiary/aromatic N) is 2. The van der Waals surface area contributed by atoms with Gasteiger partial charge in [-0.25, -0.2) is 4.98 Å². The number of hydrogen-bond acceptors (Lipinski definition) is 2. The molecular weight excluding hydrogens is 188 g/mol. The van der Waals surface area contributed by atoms with E-state index in [-0.39, 0.29) is 5.91 Å². The lowest BCUT2D eigenvalue weighted by Gasteiger charge is -1.99. The zero-order valence-electron chi connectivity index (χ0n) is 8.00. The van der Waals surface area contributed by atoms with Crippen molar-refractivity contribution in [3.8, 4) is 0 Å². The van der Waals surface area contributed by atoms with Crippen molar-refractivity contribution in [2.45, 2.75) is 0 Å². The Bertz CT molecular complexity index is 440. The summed E-state index contributed by atoms with van der Waals surface area (Å²) in [6.07, 6.45) is 1.61. The molecule has 0 aliphatic rings. The van der Waals surface area contributed by atoms with E-state index in [9.17, 15) is 4.79 Å². The molecule has 1 amide bonds. The maximum absolute atomic E-state index is 11.6. The fourth-order valence-electron chi connectivity index (χ4n) is 1.17. The van der Waals surface area contributed by atoms with Crippen molar-refractivity contribution >= 4 is 11.7 Å². The van der Waals surface area contributed by atoms with Crippen molar-refractivity contribution in [2.24, 2.45) is 0 Å². The van der Waals surface area contributed by atoms with Crippen molar-refractivity contribution in [1.82, 2.24) is 10.3 Å². The first-order chi connectivity index (χ1) is 7.36. The van der Waals surface area contributed by atoms with Crippen LogP contribution in [0.1, 0.15) is 10.4 Å². The van der Waals surface area contributed by atoms with Crippen LogP contribution in [0.5, 0.6) is 0 Å². The molecular formula is C12H9N2O. The molecule has 0 aliphatic carbocycles. The number of carbonyl (C=O) groups is 1. The number of amides is 1. The lowest BCUT2D eigenvalue weighted by Crippen LogP contribution is -2.11. The SMILES string of the molecule is O=C([N]c1ccccn1)c1ccccc1. The number of hydrogen-bond donors (Lipinski definition) is 0. The van der Waals surface area contributed by atoms with Crippen LogP contribution in [-0.2, 0) is 0 Å². The van der Waals surface area contributed by atoms with Gasteiger partial charge in [-0.05, 0) is 24.3 Å². The fourth-order valence-corrected chi connectivity index (χ4v) is 1.17. The molecule has 2 rings (SSSR count). The maximum atomic E-state index is 11.6. The molecule has 1 heterocycles. The highest BCUT2D eigenvalue weighted by Gasteiger charge is 2.06. The second-order valence-electron chi connectivity index (χ2n) is 2.97. The molecule has 1 radical (unpaired) electrons. The molecule has 2 aromatic rings. The Kier molecular flexibility index (Phi) is 2.74. The summed E-state index contributed by atoms with van der Waals surface area (Å²) in [6, 6.07) is 14.2. The second kappa shape index (κ2) is 4.37. The average molecular weight is 197 g/mol. The molecule has 0 bridgehead atoms. The molecule has 0 saturated heterocycles. The summed E-state index contributed by atoms with van der Waals surface area (Å²) in [5, 5.41) is 3.88. The molecule has 0 aliphatic heterocycles. The van der Waals surface area contributed by atoms with Gasteiger partial charge in [0.15, 0.2) is 5.82 Å². The third-order valence-corrected chi connectivity index (χ3v) is 1.89. The van der Waals surface area contributed by atoms with Crippen LogP contribution in [-0.4, -0.2) is 10.9 Å². The van der Waals surface area contributed by atoms with Gasteiger partial charge < -0.3 is 0 Å². The van der Waals surface area contributed by atoms with Gasteiger partial charge in [-0.1, -0.05) is 24.3 Å². The predicted octanol–water partition coefficient (Wildman–Crippen LogP) is 2.16. The van der Waals surface area contributed by atoms with Crippen LogP contribution < -0.4 is 5.32 Å². The van der Waals surface area contributed by atoms with Gasteiger partial charge in [0.05, 0.1) is 0 Å². The fraction of sp³-hybridized carbons (Fsp3) is 0. The van der Waals surface area contributed by atoms with E-state index in [1.807, 2.05) is 6.07 Å². The van der Waals surface area contributed by atoms with E-state index in [1.165, 1.54) is 0 Å². The van der Waals surface area contributed by atoms with E-state index < -0.39 is 0 Å². The zero-order valence-corrected chi connectivity index (χ0v) is 8.00. The predicted molar refractivity (Wildman–Crippen MR) is 56.8 cm³/mol. The Hall–Kier alpha value is -2.16. The van der Waals surface area contributed by atoms with Gasteiger partial charge in [0.25, 0.3) is 5.91 Å². The molecule has 0 N–H and O–H groups in total. The number of carbonyl (C=O) groups excluding carboxylic acids is 1. The third-order valence-electron chi connectivity index (χ3n) is 1.89. The number of pyridine rings is 1. The minimum Gasteiger partial charge on any atom is -0.267 e. The average Bonchev–Trinajstić information content (AvgIpc) is 2.31. The topological polar surface area (TPSA) is 44.1 Å². The zero-order chi connectivity index (χ0) is 10.5. The summed E-state index contributed by atoms with van der Waals surface area (Å²) < 4.78 is 0. The van der Waals surface area contributed by atoms with E-state index >= 15 is 0 Å². The monoisotopic (exact) mass is 197 g/mol. The highest BCUT2D eigenvalue weighted by molar-refractivity contribution is 5.96. The second-order valence-corrected chi connectivity index (χ2v) is 2.97. The normalized spacial score (nSPS) is 9.60. The number of rotatable bonds is 2. The van der Waals surface area contributed by atoms with Gasteiger partial charge >= 0.3 is 0 Å². The molecule has 0 fully saturated rings. The highest BCUT2D eigenvalue weighted by atomic mass is 16.1. The van der Waals surface area contributed by atoms with Gasteiger partial charge in [0.2, 0.25) is 0 Å². The largest absolute Gasteiger partial charge is 0.279 e. The smallest absolute Gasteiger partial charge is 0.267 e. The summed E-state index contributed by atoms with van der Waals surface area (Å²) >= 11 is 0. The van der Waals surface area contributed by atoms with E-state index in [4.69, 9.17) is 0 Å². The van der Waals surface area contributed by atoms with Crippen molar-refractivity contribution in [2.75, 3.05) is 0 Å². The summed E-state index contributed by atoms with van der Waals surface area (Å²) in [6.45, 7) is 0. The lowest BCUT2D eigenvalue weighted by atomic mass is 10.2. The van der Waals surface area contributed by atoms with Crippen LogP contribution >= 0.6 is 0 Å². The third kappa shape index (κ3) is 2.40. The molecule has 73 valence electrons. The standard InChI is InChI=1S/C12H9N2O/c15-12(10-6-2-1-3-7-10)14-11-8-4-5-9-13-11/h1-9H. The van der Waals surface area contributed by atoms with Gasteiger partial charge in [-0.2, -0.15) is 5.32 Å². The number of aromatic nitrogens is 1. The van der Waals surface area contributed by atoms with Crippen LogP contribution in [0.4, 0.5) is 5.82 Å². The van der Waals surface area contributed by atoms with Crippen LogP contribution in [0, 0.1) is 0 Å². The van der Waals surface area contributed by atoms with E-state index in [1.54, 1.807) is 48.7 Å². The molecule has 15 heavy (non-hydrogen) atoms. The summed E-state index contributed by atoms with van der Waals surface area (Å²) in [4.78, 5) is 15.6. The minimum absolute atomic E-state index is 0.269. The first-order valence-corrected chi connectivity index (χ1v) is 4.58. The van der Waals surface area contributed by atoms with Crippen molar-refractivity contribution in [3.05, 3.63) is 60.3 Å². The molecule has 0 spiro atoms. The van der Waals surface area contributed by atoms with Gasteiger partial charge in [0, 0.05) is 11.8 Å². The van der Waals surface area contributed by atoms with Crippen molar-refractivity contribution < 1.29 is 4.79 Å². The first-order valence-electron chi connectivity index (χ1n) is 4.58. The summed E-state index contributed by atoms with van der Waals surface area (Å²) in [7, 11) is 0. The minimum atomic E-state index is -0.269.